The molecule has 0 fully saturated rings. The minimum absolute atomic E-state index is 0.693. The molecule has 0 saturated carbocycles. The van der Waals surface area contributed by atoms with Gasteiger partial charge in [0.1, 0.15) is 0 Å². The van der Waals surface area contributed by atoms with Gasteiger partial charge in [0.25, 0.3) is 0 Å². The van der Waals surface area contributed by atoms with Crippen molar-refractivity contribution in [2.75, 3.05) is 0 Å². The Labute approximate surface area is 73.9 Å². The molecule has 3 heteroatoms. The summed E-state index contributed by atoms with van der Waals surface area (Å²) in [6.45, 7) is 1.92. The zero-order valence-corrected chi connectivity index (χ0v) is 7.39. The Morgan fingerprint density at radius 1 is 1.50 bits per heavy atom. The predicted octanol–water partition coefficient (Wildman–Crippen LogP) is 2.42. The summed E-state index contributed by atoms with van der Waals surface area (Å²) in [7, 11) is 0. The molecule has 0 saturated heterocycles. The normalized spacial score (nSPS) is 10.4. The smallest absolute Gasteiger partial charge is 0.153 e. The molecule has 0 amide bonds. The third kappa shape index (κ3) is 1.02. The molecular formula is C9H7NOS. The highest BCUT2D eigenvalue weighted by Crippen LogP contribution is 2.22. The summed E-state index contributed by atoms with van der Waals surface area (Å²) in [6.07, 6.45) is 0.852. The quantitative estimate of drug-likeness (QED) is 0.626. The molecule has 2 aromatic rings. The maximum Gasteiger partial charge on any atom is 0.153 e. The summed E-state index contributed by atoms with van der Waals surface area (Å²) in [5.74, 6) is 0. The SMILES string of the molecule is Cc1ccc2scc(C=O)c2n1. The van der Waals surface area contributed by atoms with Crippen LogP contribution in [0.15, 0.2) is 17.5 Å². The molecule has 0 N–H and O–H groups in total. The van der Waals surface area contributed by atoms with Crippen LogP contribution in [0.3, 0.4) is 0 Å². The number of fused-ring (bicyclic) bond motifs is 1. The van der Waals surface area contributed by atoms with E-state index < -0.39 is 0 Å². The molecular weight excluding hydrogens is 170 g/mol. The Morgan fingerprint density at radius 3 is 3.08 bits per heavy atom. The van der Waals surface area contributed by atoms with Crippen molar-refractivity contribution in [1.82, 2.24) is 4.98 Å². The average molecular weight is 177 g/mol. The van der Waals surface area contributed by atoms with Crippen LogP contribution >= 0.6 is 11.3 Å². The largest absolute Gasteiger partial charge is 0.298 e. The van der Waals surface area contributed by atoms with Crippen molar-refractivity contribution in [2.24, 2.45) is 0 Å². The Bertz CT molecular complexity index is 433. The van der Waals surface area contributed by atoms with E-state index in [9.17, 15) is 4.79 Å². The summed E-state index contributed by atoms with van der Waals surface area (Å²) in [4.78, 5) is 14.8. The van der Waals surface area contributed by atoms with Gasteiger partial charge < -0.3 is 0 Å². The Balaban J connectivity index is 2.83. The molecule has 0 aliphatic heterocycles. The number of aldehydes is 1. The molecule has 0 atom stereocenters. The fourth-order valence-electron chi connectivity index (χ4n) is 1.11. The van der Waals surface area contributed by atoms with E-state index in [0.717, 1.165) is 22.2 Å². The van der Waals surface area contributed by atoms with Gasteiger partial charge in [-0.15, -0.1) is 11.3 Å². The first-order valence-corrected chi connectivity index (χ1v) is 4.49. The molecule has 2 heterocycles. The van der Waals surface area contributed by atoms with E-state index in [1.54, 1.807) is 11.3 Å². The number of rotatable bonds is 1. The van der Waals surface area contributed by atoms with Gasteiger partial charge in [-0.05, 0) is 19.1 Å². The Hall–Kier alpha value is -1.22. The summed E-state index contributed by atoms with van der Waals surface area (Å²) in [5, 5.41) is 1.84. The number of carbonyl (C=O) groups is 1. The Kier molecular flexibility index (Phi) is 1.66. The van der Waals surface area contributed by atoms with E-state index in [1.807, 2.05) is 24.4 Å². The molecule has 0 aromatic carbocycles. The van der Waals surface area contributed by atoms with Crippen LogP contribution in [0.25, 0.3) is 10.2 Å². The highest BCUT2D eigenvalue weighted by molar-refractivity contribution is 7.17. The maximum absolute atomic E-state index is 10.6. The zero-order valence-electron chi connectivity index (χ0n) is 6.57. The molecule has 0 aliphatic rings. The number of aryl methyl sites for hydroxylation is 1. The van der Waals surface area contributed by atoms with E-state index in [-0.39, 0.29) is 0 Å². The number of pyridine rings is 1. The number of hydrogen-bond acceptors (Lipinski definition) is 3. The summed E-state index contributed by atoms with van der Waals surface area (Å²) >= 11 is 1.55. The van der Waals surface area contributed by atoms with Gasteiger partial charge in [0, 0.05) is 11.1 Å². The van der Waals surface area contributed by atoms with Crippen LogP contribution in [0, 0.1) is 6.92 Å². The molecule has 0 spiro atoms. The van der Waals surface area contributed by atoms with E-state index >= 15 is 0 Å². The lowest BCUT2D eigenvalue weighted by Crippen LogP contribution is -1.82. The van der Waals surface area contributed by atoms with Crippen LogP contribution in [-0.4, -0.2) is 11.3 Å². The first kappa shape index (κ1) is 7.43. The molecule has 2 nitrogen and oxygen atoms in total. The highest BCUT2D eigenvalue weighted by atomic mass is 32.1. The van der Waals surface area contributed by atoms with Crippen molar-refractivity contribution in [3.05, 3.63) is 28.8 Å². The number of nitrogens with zero attached hydrogens (tertiary/aromatic N) is 1. The van der Waals surface area contributed by atoms with Crippen molar-refractivity contribution < 1.29 is 4.79 Å². The van der Waals surface area contributed by atoms with Gasteiger partial charge in [-0.1, -0.05) is 0 Å². The van der Waals surface area contributed by atoms with E-state index in [4.69, 9.17) is 0 Å². The predicted molar refractivity (Wildman–Crippen MR) is 49.7 cm³/mol. The second-order valence-corrected chi connectivity index (χ2v) is 3.52. The molecule has 0 radical (unpaired) electrons. The van der Waals surface area contributed by atoms with Gasteiger partial charge in [0.05, 0.1) is 15.8 Å². The van der Waals surface area contributed by atoms with Gasteiger partial charge in [0.2, 0.25) is 0 Å². The summed E-state index contributed by atoms with van der Waals surface area (Å²) in [6, 6.07) is 3.95. The van der Waals surface area contributed by atoms with Crippen molar-refractivity contribution in [3.8, 4) is 0 Å². The second kappa shape index (κ2) is 2.68. The first-order valence-electron chi connectivity index (χ1n) is 3.61. The number of hydrogen-bond donors (Lipinski definition) is 0. The third-order valence-electron chi connectivity index (χ3n) is 1.71. The lowest BCUT2D eigenvalue weighted by Gasteiger charge is -1.91. The molecule has 0 aliphatic carbocycles. The summed E-state index contributed by atoms with van der Waals surface area (Å²) in [5.41, 5.74) is 2.47. The van der Waals surface area contributed by atoms with Crippen LogP contribution < -0.4 is 0 Å². The van der Waals surface area contributed by atoms with Crippen LogP contribution in [0.1, 0.15) is 16.1 Å². The van der Waals surface area contributed by atoms with Gasteiger partial charge in [-0.3, -0.25) is 9.78 Å². The molecule has 2 aromatic heterocycles. The zero-order chi connectivity index (χ0) is 8.55. The van der Waals surface area contributed by atoms with Gasteiger partial charge in [0.15, 0.2) is 6.29 Å². The lowest BCUT2D eigenvalue weighted by atomic mass is 10.3. The highest BCUT2D eigenvalue weighted by Gasteiger charge is 2.03. The van der Waals surface area contributed by atoms with E-state index in [0.29, 0.717) is 5.56 Å². The summed E-state index contributed by atoms with van der Waals surface area (Å²) < 4.78 is 1.07. The molecule has 0 unspecified atom stereocenters. The number of aromatic nitrogens is 1. The topological polar surface area (TPSA) is 30.0 Å². The van der Waals surface area contributed by atoms with Crippen molar-refractivity contribution in [2.45, 2.75) is 6.92 Å². The minimum Gasteiger partial charge on any atom is -0.298 e. The monoisotopic (exact) mass is 177 g/mol. The number of carbonyl (C=O) groups excluding carboxylic acids is 1. The van der Waals surface area contributed by atoms with Crippen LogP contribution in [-0.2, 0) is 0 Å². The average Bonchev–Trinajstić information content (AvgIpc) is 2.46. The van der Waals surface area contributed by atoms with E-state index in [2.05, 4.69) is 4.98 Å². The molecule has 2 rings (SSSR count). The van der Waals surface area contributed by atoms with Gasteiger partial charge >= 0.3 is 0 Å². The van der Waals surface area contributed by atoms with Gasteiger partial charge in [-0.25, -0.2) is 0 Å². The van der Waals surface area contributed by atoms with Crippen LogP contribution in [0.4, 0.5) is 0 Å². The fourth-order valence-corrected chi connectivity index (χ4v) is 1.96. The first-order chi connectivity index (χ1) is 5.81. The third-order valence-corrected chi connectivity index (χ3v) is 2.67. The lowest BCUT2D eigenvalue weighted by molar-refractivity contribution is 0.112. The van der Waals surface area contributed by atoms with Crippen molar-refractivity contribution >= 4 is 27.8 Å². The van der Waals surface area contributed by atoms with E-state index in [1.165, 1.54) is 0 Å². The van der Waals surface area contributed by atoms with Crippen LogP contribution in [0.2, 0.25) is 0 Å². The molecule has 60 valence electrons. The Morgan fingerprint density at radius 2 is 2.33 bits per heavy atom. The van der Waals surface area contributed by atoms with Crippen molar-refractivity contribution in [1.29, 1.82) is 0 Å². The van der Waals surface area contributed by atoms with Gasteiger partial charge in [-0.2, -0.15) is 0 Å². The second-order valence-electron chi connectivity index (χ2n) is 2.61. The molecule has 12 heavy (non-hydrogen) atoms. The number of thiophene rings is 1. The van der Waals surface area contributed by atoms with Crippen molar-refractivity contribution in [3.63, 3.8) is 0 Å². The molecule has 0 bridgehead atoms. The standard InChI is InChI=1S/C9H7NOS/c1-6-2-3-8-9(10-6)7(4-11)5-12-8/h2-5H,1H3. The maximum atomic E-state index is 10.6. The van der Waals surface area contributed by atoms with Crippen LogP contribution in [0.5, 0.6) is 0 Å². The fraction of sp³-hybridized carbons (Fsp3) is 0.111. The minimum atomic E-state index is 0.693.